The molecule has 2 bridgehead atoms. The minimum atomic E-state index is 0.733. The predicted molar refractivity (Wildman–Crippen MR) is 44.7 cm³/mol. The first-order chi connectivity index (χ1) is 5.34. The van der Waals surface area contributed by atoms with E-state index in [-0.39, 0.29) is 0 Å². The third-order valence-corrected chi connectivity index (χ3v) is 1.83. The summed E-state index contributed by atoms with van der Waals surface area (Å²) in [5.41, 5.74) is 2.41. The van der Waals surface area contributed by atoms with Crippen LogP contribution in [0.3, 0.4) is 0 Å². The summed E-state index contributed by atoms with van der Waals surface area (Å²) < 4.78 is 5.45. The van der Waals surface area contributed by atoms with Crippen LogP contribution in [0.25, 0.3) is 0 Å². The summed E-state index contributed by atoms with van der Waals surface area (Å²) in [6.45, 7) is 3.61. The van der Waals surface area contributed by atoms with Gasteiger partial charge in [0.2, 0.25) is 0 Å². The summed E-state index contributed by atoms with van der Waals surface area (Å²) >= 11 is 0. The zero-order chi connectivity index (χ0) is 7.68. The van der Waals surface area contributed by atoms with Gasteiger partial charge in [-0.15, -0.1) is 0 Å². The average Bonchev–Trinajstić information content (AvgIpc) is 2.11. The Morgan fingerprint density at radius 3 is 3.27 bits per heavy atom. The maximum Gasteiger partial charge on any atom is 0.107 e. The van der Waals surface area contributed by atoms with Crippen molar-refractivity contribution in [3.63, 3.8) is 0 Å². The molecule has 0 fully saturated rings. The van der Waals surface area contributed by atoms with E-state index in [0.29, 0.717) is 0 Å². The second-order valence-electron chi connectivity index (χ2n) is 2.90. The van der Waals surface area contributed by atoms with E-state index in [1.807, 2.05) is 0 Å². The molecule has 0 saturated carbocycles. The number of ether oxygens (including phenoxy) is 1. The molecule has 0 aromatic rings. The fourth-order valence-electron chi connectivity index (χ4n) is 1.40. The SMILES string of the molecule is CC1=CC2=NCCOC(=C1)C2. The van der Waals surface area contributed by atoms with Crippen molar-refractivity contribution in [2.75, 3.05) is 13.2 Å². The fraction of sp³-hybridized carbons (Fsp3) is 0.444. The molecular weight excluding hydrogens is 138 g/mol. The van der Waals surface area contributed by atoms with Gasteiger partial charge in [0.25, 0.3) is 0 Å². The lowest BCUT2D eigenvalue weighted by molar-refractivity contribution is 0.222. The molecule has 0 aromatic carbocycles. The molecule has 1 aliphatic heterocycles. The zero-order valence-corrected chi connectivity index (χ0v) is 6.63. The van der Waals surface area contributed by atoms with Crippen molar-refractivity contribution in [3.05, 3.63) is 23.5 Å². The van der Waals surface area contributed by atoms with Crippen LogP contribution >= 0.6 is 0 Å². The highest BCUT2D eigenvalue weighted by Gasteiger charge is 2.11. The maximum atomic E-state index is 5.45. The van der Waals surface area contributed by atoms with Gasteiger partial charge in [-0.05, 0) is 24.6 Å². The normalized spacial score (nSPS) is 22.5. The third-order valence-electron chi connectivity index (χ3n) is 1.83. The molecule has 58 valence electrons. The van der Waals surface area contributed by atoms with Gasteiger partial charge in [0.1, 0.15) is 12.4 Å². The van der Waals surface area contributed by atoms with Crippen molar-refractivity contribution >= 4 is 5.71 Å². The van der Waals surface area contributed by atoms with Gasteiger partial charge in [-0.1, -0.05) is 0 Å². The van der Waals surface area contributed by atoms with E-state index in [1.54, 1.807) is 0 Å². The van der Waals surface area contributed by atoms with Crippen LogP contribution in [-0.2, 0) is 4.74 Å². The van der Waals surface area contributed by atoms with E-state index in [2.05, 4.69) is 24.1 Å². The molecule has 2 aliphatic rings. The van der Waals surface area contributed by atoms with Crippen LogP contribution in [-0.4, -0.2) is 18.9 Å². The van der Waals surface area contributed by atoms with Gasteiger partial charge in [-0.2, -0.15) is 0 Å². The molecule has 1 heterocycles. The van der Waals surface area contributed by atoms with Gasteiger partial charge in [-0.3, -0.25) is 4.99 Å². The highest BCUT2D eigenvalue weighted by Crippen LogP contribution is 2.18. The van der Waals surface area contributed by atoms with Crippen LogP contribution < -0.4 is 0 Å². The number of hydrogen-bond donors (Lipinski definition) is 0. The van der Waals surface area contributed by atoms with Crippen LogP contribution in [0.5, 0.6) is 0 Å². The van der Waals surface area contributed by atoms with Crippen molar-refractivity contribution < 1.29 is 4.74 Å². The lowest BCUT2D eigenvalue weighted by atomic mass is 10.1. The van der Waals surface area contributed by atoms with Gasteiger partial charge in [0, 0.05) is 12.1 Å². The second-order valence-corrected chi connectivity index (χ2v) is 2.90. The predicted octanol–water partition coefficient (Wildman–Crippen LogP) is 1.69. The molecule has 2 nitrogen and oxygen atoms in total. The maximum absolute atomic E-state index is 5.45. The summed E-state index contributed by atoms with van der Waals surface area (Å²) in [4.78, 5) is 4.37. The van der Waals surface area contributed by atoms with E-state index in [4.69, 9.17) is 4.74 Å². The summed E-state index contributed by atoms with van der Waals surface area (Å²) in [6.07, 6.45) is 5.10. The van der Waals surface area contributed by atoms with Gasteiger partial charge >= 0.3 is 0 Å². The highest BCUT2D eigenvalue weighted by atomic mass is 16.5. The molecule has 2 rings (SSSR count). The molecule has 1 aliphatic carbocycles. The topological polar surface area (TPSA) is 21.6 Å². The summed E-state index contributed by atoms with van der Waals surface area (Å²) in [5, 5.41) is 0. The van der Waals surface area contributed by atoms with Crippen molar-refractivity contribution in [1.29, 1.82) is 0 Å². The van der Waals surface area contributed by atoms with E-state index in [0.717, 1.165) is 31.0 Å². The van der Waals surface area contributed by atoms with Crippen molar-refractivity contribution in [1.82, 2.24) is 0 Å². The van der Waals surface area contributed by atoms with Crippen LogP contribution in [0.4, 0.5) is 0 Å². The first-order valence-corrected chi connectivity index (χ1v) is 3.89. The first kappa shape index (κ1) is 6.65. The number of allylic oxidation sites excluding steroid dienone is 4. The quantitative estimate of drug-likeness (QED) is 0.513. The number of fused-ring (bicyclic) bond motifs is 2. The monoisotopic (exact) mass is 149 g/mol. The highest BCUT2D eigenvalue weighted by molar-refractivity contribution is 5.98. The number of rotatable bonds is 0. The Morgan fingerprint density at radius 2 is 2.36 bits per heavy atom. The lowest BCUT2D eigenvalue weighted by Crippen LogP contribution is -2.02. The molecule has 0 radical (unpaired) electrons. The number of aliphatic imine (C=N–C) groups is 1. The Morgan fingerprint density at radius 1 is 1.45 bits per heavy atom. The van der Waals surface area contributed by atoms with Crippen molar-refractivity contribution in [2.45, 2.75) is 13.3 Å². The van der Waals surface area contributed by atoms with E-state index in [1.165, 1.54) is 5.57 Å². The summed E-state index contributed by atoms with van der Waals surface area (Å²) in [5.74, 6) is 1.07. The zero-order valence-electron chi connectivity index (χ0n) is 6.63. The minimum absolute atomic E-state index is 0.733. The fourth-order valence-corrected chi connectivity index (χ4v) is 1.40. The summed E-state index contributed by atoms with van der Waals surface area (Å²) in [6, 6.07) is 0. The molecule has 11 heavy (non-hydrogen) atoms. The Balaban J connectivity index is 2.36. The Kier molecular flexibility index (Phi) is 1.53. The molecule has 0 unspecified atom stereocenters. The van der Waals surface area contributed by atoms with Gasteiger partial charge in [-0.25, -0.2) is 0 Å². The average molecular weight is 149 g/mol. The lowest BCUT2D eigenvalue weighted by Gasteiger charge is -2.10. The molecule has 2 heteroatoms. The second kappa shape index (κ2) is 2.53. The van der Waals surface area contributed by atoms with Gasteiger partial charge < -0.3 is 4.74 Å². The number of hydrogen-bond acceptors (Lipinski definition) is 2. The number of nitrogens with zero attached hydrogens (tertiary/aromatic N) is 1. The van der Waals surface area contributed by atoms with Crippen LogP contribution in [0.2, 0.25) is 0 Å². The van der Waals surface area contributed by atoms with Crippen LogP contribution in [0.1, 0.15) is 13.3 Å². The molecule has 0 atom stereocenters. The minimum Gasteiger partial charge on any atom is -0.496 e. The molecule has 0 aromatic heterocycles. The van der Waals surface area contributed by atoms with Crippen LogP contribution in [0.15, 0.2) is 28.5 Å². The van der Waals surface area contributed by atoms with Gasteiger partial charge in [0.05, 0.1) is 6.54 Å². The first-order valence-electron chi connectivity index (χ1n) is 3.89. The molecule has 0 amide bonds. The summed E-state index contributed by atoms with van der Waals surface area (Å²) in [7, 11) is 0. The molecule has 0 spiro atoms. The standard InChI is InChI=1S/C9H11NO/c1-7-4-8-6-9(5-7)11-3-2-10-8/h4-5H,2-3,6H2,1H3. The van der Waals surface area contributed by atoms with E-state index in [9.17, 15) is 0 Å². The Hall–Kier alpha value is -1.05. The Labute approximate surface area is 66.3 Å². The molecule has 0 N–H and O–H groups in total. The largest absolute Gasteiger partial charge is 0.496 e. The van der Waals surface area contributed by atoms with E-state index < -0.39 is 0 Å². The molecular formula is C9H11NO. The van der Waals surface area contributed by atoms with Crippen LogP contribution in [0, 0.1) is 0 Å². The van der Waals surface area contributed by atoms with Crippen molar-refractivity contribution in [2.24, 2.45) is 4.99 Å². The smallest absolute Gasteiger partial charge is 0.107 e. The third kappa shape index (κ3) is 1.34. The van der Waals surface area contributed by atoms with Gasteiger partial charge in [0.15, 0.2) is 0 Å². The van der Waals surface area contributed by atoms with E-state index >= 15 is 0 Å². The Bertz CT molecular complexity index is 261. The molecule has 0 saturated heterocycles. The van der Waals surface area contributed by atoms with Crippen molar-refractivity contribution in [3.8, 4) is 0 Å².